The highest BCUT2D eigenvalue weighted by atomic mass is 16.5. The Labute approximate surface area is 172 Å². The van der Waals surface area contributed by atoms with Gasteiger partial charge in [0.15, 0.2) is 0 Å². The number of ether oxygens (including phenoxy) is 1. The quantitative estimate of drug-likeness (QED) is 0.805. The zero-order chi connectivity index (χ0) is 19.8. The number of hydrogen-bond donors (Lipinski definition) is 0. The van der Waals surface area contributed by atoms with Crippen LogP contribution in [-0.2, 0) is 4.74 Å². The Balaban J connectivity index is 1.45. The second-order valence-corrected chi connectivity index (χ2v) is 8.70. The zero-order valence-corrected chi connectivity index (χ0v) is 17.0. The fourth-order valence-electron chi connectivity index (χ4n) is 5.59. The molecule has 0 spiro atoms. The summed E-state index contributed by atoms with van der Waals surface area (Å²) >= 11 is 0. The van der Waals surface area contributed by atoms with Gasteiger partial charge in [-0.1, -0.05) is 30.3 Å². The molecule has 1 aromatic carbocycles. The molecule has 0 aliphatic carbocycles. The number of aryl methyl sites for hydroxylation is 1. The number of nitrogens with zero attached hydrogens (tertiary/aromatic N) is 3. The van der Waals surface area contributed by atoms with Crippen LogP contribution in [0.15, 0.2) is 48.7 Å². The first-order chi connectivity index (χ1) is 14.2. The third kappa shape index (κ3) is 3.47. The first kappa shape index (κ1) is 18.8. The Morgan fingerprint density at radius 2 is 1.83 bits per heavy atom. The van der Waals surface area contributed by atoms with Crippen molar-refractivity contribution in [1.29, 1.82) is 0 Å². The number of pyridine rings is 1. The van der Waals surface area contributed by atoms with Gasteiger partial charge in [0.05, 0.1) is 6.04 Å². The number of benzene rings is 1. The van der Waals surface area contributed by atoms with Gasteiger partial charge in [0.2, 0.25) is 0 Å². The van der Waals surface area contributed by atoms with E-state index >= 15 is 0 Å². The maximum absolute atomic E-state index is 13.4. The van der Waals surface area contributed by atoms with Gasteiger partial charge in [-0.15, -0.1) is 0 Å². The summed E-state index contributed by atoms with van der Waals surface area (Å²) in [6, 6.07) is 14.9. The minimum Gasteiger partial charge on any atom is -0.381 e. The standard InChI is InChI=1S/C24H29N3O2/c1-17-6-2-3-7-20(17)23-21-16-26(19-9-12-29-13-10-19)14-18(21)15-27(23)24(28)22-8-4-5-11-25-22/h2-8,11,18-19,21,23H,9-10,12-16H2,1H3/t18-,21-,23+/m0/s1. The van der Waals surface area contributed by atoms with Gasteiger partial charge < -0.3 is 9.64 Å². The second kappa shape index (κ2) is 7.88. The lowest BCUT2D eigenvalue weighted by Gasteiger charge is -2.34. The van der Waals surface area contributed by atoms with Crippen molar-refractivity contribution in [2.45, 2.75) is 31.8 Å². The van der Waals surface area contributed by atoms with Gasteiger partial charge >= 0.3 is 0 Å². The maximum Gasteiger partial charge on any atom is 0.272 e. The minimum atomic E-state index is 0.0610. The van der Waals surface area contributed by atoms with E-state index in [9.17, 15) is 4.79 Å². The van der Waals surface area contributed by atoms with Gasteiger partial charge in [0.1, 0.15) is 5.69 Å². The summed E-state index contributed by atoms with van der Waals surface area (Å²) in [5.74, 6) is 1.06. The third-order valence-corrected chi connectivity index (χ3v) is 7.05. The molecule has 4 heterocycles. The molecule has 3 fully saturated rings. The fourth-order valence-corrected chi connectivity index (χ4v) is 5.59. The molecule has 0 N–H and O–H groups in total. The molecule has 0 radical (unpaired) electrons. The molecule has 1 amide bonds. The minimum absolute atomic E-state index is 0.0610. The van der Waals surface area contributed by atoms with E-state index in [-0.39, 0.29) is 11.9 Å². The Hall–Kier alpha value is -2.24. The van der Waals surface area contributed by atoms with E-state index < -0.39 is 0 Å². The average Bonchev–Trinajstić information content (AvgIpc) is 3.33. The smallest absolute Gasteiger partial charge is 0.272 e. The van der Waals surface area contributed by atoms with E-state index in [0.29, 0.717) is 23.6 Å². The molecule has 0 saturated carbocycles. The highest BCUT2D eigenvalue weighted by Crippen LogP contribution is 2.47. The van der Waals surface area contributed by atoms with Crippen LogP contribution in [0.5, 0.6) is 0 Å². The lowest BCUT2D eigenvalue weighted by Crippen LogP contribution is -2.41. The Morgan fingerprint density at radius 3 is 2.59 bits per heavy atom. The number of carbonyl (C=O) groups excluding carboxylic acids is 1. The van der Waals surface area contributed by atoms with Crippen molar-refractivity contribution in [2.75, 3.05) is 32.8 Å². The molecule has 5 rings (SSSR count). The van der Waals surface area contributed by atoms with Crippen LogP contribution < -0.4 is 0 Å². The number of rotatable bonds is 3. The molecule has 152 valence electrons. The third-order valence-electron chi connectivity index (χ3n) is 7.05. The number of hydrogen-bond acceptors (Lipinski definition) is 4. The maximum atomic E-state index is 13.4. The van der Waals surface area contributed by atoms with Gasteiger partial charge in [-0.2, -0.15) is 0 Å². The van der Waals surface area contributed by atoms with Crippen molar-refractivity contribution < 1.29 is 9.53 Å². The lowest BCUT2D eigenvalue weighted by atomic mass is 9.87. The summed E-state index contributed by atoms with van der Waals surface area (Å²) in [7, 11) is 0. The predicted octanol–water partition coefficient (Wildman–Crippen LogP) is 3.31. The summed E-state index contributed by atoms with van der Waals surface area (Å²) in [5.41, 5.74) is 3.10. The highest BCUT2D eigenvalue weighted by molar-refractivity contribution is 5.92. The van der Waals surface area contributed by atoms with Crippen LogP contribution in [-0.4, -0.2) is 59.6 Å². The molecular formula is C24H29N3O2. The van der Waals surface area contributed by atoms with Crippen LogP contribution >= 0.6 is 0 Å². The van der Waals surface area contributed by atoms with Crippen LogP contribution in [0.1, 0.15) is 40.5 Å². The van der Waals surface area contributed by atoms with Crippen molar-refractivity contribution in [3.63, 3.8) is 0 Å². The monoisotopic (exact) mass is 391 g/mol. The van der Waals surface area contributed by atoms with E-state index in [0.717, 1.165) is 45.7 Å². The van der Waals surface area contributed by atoms with Crippen LogP contribution in [0, 0.1) is 18.8 Å². The molecule has 3 saturated heterocycles. The van der Waals surface area contributed by atoms with Crippen molar-refractivity contribution in [2.24, 2.45) is 11.8 Å². The second-order valence-electron chi connectivity index (χ2n) is 8.70. The molecule has 0 bridgehead atoms. The molecule has 3 aliphatic heterocycles. The molecule has 5 nitrogen and oxygen atoms in total. The molecule has 3 atom stereocenters. The molecule has 3 aliphatic rings. The van der Waals surface area contributed by atoms with Gasteiger partial charge in [-0.25, -0.2) is 0 Å². The van der Waals surface area contributed by atoms with Gasteiger partial charge in [-0.05, 0) is 48.9 Å². The molecular weight excluding hydrogens is 362 g/mol. The lowest BCUT2D eigenvalue weighted by molar-refractivity contribution is 0.0361. The Bertz CT molecular complexity index is 865. The Kier molecular flexibility index (Phi) is 5.10. The van der Waals surface area contributed by atoms with Gasteiger partial charge in [0.25, 0.3) is 5.91 Å². The summed E-state index contributed by atoms with van der Waals surface area (Å²) in [6.07, 6.45) is 3.97. The average molecular weight is 392 g/mol. The SMILES string of the molecule is Cc1ccccc1[C@@H]1[C@H]2CN(C3CCOCC3)C[C@H]2CN1C(=O)c1ccccn1. The summed E-state index contributed by atoms with van der Waals surface area (Å²) < 4.78 is 5.57. The van der Waals surface area contributed by atoms with Crippen molar-refractivity contribution in [3.05, 3.63) is 65.5 Å². The number of carbonyl (C=O) groups is 1. The van der Waals surface area contributed by atoms with E-state index in [4.69, 9.17) is 4.74 Å². The first-order valence-electron chi connectivity index (χ1n) is 10.8. The van der Waals surface area contributed by atoms with Crippen LogP contribution in [0.4, 0.5) is 0 Å². The first-order valence-corrected chi connectivity index (χ1v) is 10.8. The zero-order valence-electron chi connectivity index (χ0n) is 17.0. The highest BCUT2D eigenvalue weighted by Gasteiger charge is 2.50. The number of aromatic nitrogens is 1. The van der Waals surface area contributed by atoms with E-state index in [2.05, 4.69) is 46.0 Å². The van der Waals surface area contributed by atoms with E-state index in [1.54, 1.807) is 6.20 Å². The molecule has 29 heavy (non-hydrogen) atoms. The Morgan fingerprint density at radius 1 is 1.03 bits per heavy atom. The number of likely N-dealkylation sites (tertiary alicyclic amines) is 2. The van der Waals surface area contributed by atoms with Crippen molar-refractivity contribution in [3.8, 4) is 0 Å². The molecule has 1 aromatic heterocycles. The molecule has 2 aromatic rings. The predicted molar refractivity (Wildman–Crippen MR) is 112 cm³/mol. The summed E-state index contributed by atoms with van der Waals surface area (Å²) in [5, 5.41) is 0. The van der Waals surface area contributed by atoms with E-state index in [1.165, 1.54) is 11.1 Å². The topological polar surface area (TPSA) is 45.7 Å². The number of fused-ring (bicyclic) bond motifs is 1. The van der Waals surface area contributed by atoms with Crippen molar-refractivity contribution in [1.82, 2.24) is 14.8 Å². The molecule has 0 unspecified atom stereocenters. The van der Waals surface area contributed by atoms with Gasteiger partial charge in [-0.3, -0.25) is 14.7 Å². The van der Waals surface area contributed by atoms with Crippen LogP contribution in [0.25, 0.3) is 0 Å². The largest absolute Gasteiger partial charge is 0.381 e. The number of amides is 1. The van der Waals surface area contributed by atoms with Crippen LogP contribution in [0.3, 0.4) is 0 Å². The van der Waals surface area contributed by atoms with Gasteiger partial charge in [0, 0.05) is 51.0 Å². The van der Waals surface area contributed by atoms with Crippen molar-refractivity contribution >= 4 is 5.91 Å². The summed E-state index contributed by atoms with van der Waals surface area (Å²) in [4.78, 5) is 22.5. The molecule has 5 heteroatoms. The van der Waals surface area contributed by atoms with E-state index in [1.807, 2.05) is 18.2 Å². The fraction of sp³-hybridized carbons (Fsp3) is 0.500. The van der Waals surface area contributed by atoms with Crippen LogP contribution in [0.2, 0.25) is 0 Å². The summed E-state index contributed by atoms with van der Waals surface area (Å²) in [6.45, 7) is 6.89. The normalized spacial score (nSPS) is 27.9.